The fourth-order valence-electron chi connectivity index (χ4n) is 1.64. The Balaban J connectivity index is 2.39. The number of nitrogens with zero attached hydrogens (tertiary/aromatic N) is 4. The van der Waals surface area contributed by atoms with Gasteiger partial charge in [-0.2, -0.15) is 5.10 Å². The Morgan fingerprint density at radius 3 is 2.83 bits per heavy atom. The van der Waals surface area contributed by atoms with Crippen LogP contribution in [0.5, 0.6) is 0 Å². The van der Waals surface area contributed by atoms with Crippen molar-refractivity contribution in [3.8, 4) is 11.3 Å². The van der Waals surface area contributed by atoms with Crippen molar-refractivity contribution in [2.45, 2.75) is 20.1 Å². The zero-order chi connectivity index (χ0) is 13.0. The molecule has 2 aromatic rings. The van der Waals surface area contributed by atoms with Gasteiger partial charge >= 0.3 is 0 Å². The zero-order valence-electron chi connectivity index (χ0n) is 10.8. The van der Waals surface area contributed by atoms with Crippen molar-refractivity contribution in [1.82, 2.24) is 19.7 Å². The summed E-state index contributed by atoms with van der Waals surface area (Å²) in [5, 5.41) is 7.27. The first-order valence-electron chi connectivity index (χ1n) is 5.84. The maximum Gasteiger partial charge on any atom is 0.157 e. The van der Waals surface area contributed by atoms with Crippen LogP contribution < -0.4 is 5.32 Å². The molecule has 0 spiro atoms. The van der Waals surface area contributed by atoms with Gasteiger partial charge in [-0.3, -0.25) is 4.68 Å². The summed E-state index contributed by atoms with van der Waals surface area (Å²) in [6, 6.07) is 1.90. The van der Waals surface area contributed by atoms with E-state index in [0.29, 0.717) is 12.4 Å². The highest BCUT2D eigenvalue weighted by molar-refractivity contribution is 5.60. The number of methoxy groups -OCH3 is 1. The highest BCUT2D eigenvalue weighted by Gasteiger charge is 2.07. The Bertz CT molecular complexity index is 523. The molecule has 0 fully saturated rings. The van der Waals surface area contributed by atoms with Gasteiger partial charge < -0.3 is 10.1 Å². The molecule has 0 unspecified atom stereocenters. The molecule has 0 aliphatic rings. The SMILES string of the molecule is CCn1cc(-c2cc(NC)nc(COC)n2)cn1. The molecule has 0 aliphatic carbocycles. The summed E-state index contributed by atoms with van der Waals surface area (Å²) in [7, 11) is 3.46. The van der Waals surface area contributed by atoms with E-state index in [4.69, 9.17) is 4.74 Å². The van der Waals surface area contributed by atoms with E-state index in [0.717, 1.165) is 23.6 Å². The summed E-state index contributed by atoms with van der Waals surface area (Å²) in [5.41, 5.74) is 1.83. The fourth-order valence-corrected chi connectivity index (χ4v) is 1.64. The van der Waals surface area contributed by atoms with Crippen molar-refractivity contribution in [2.75, 3.05) is 19.5 Å². The van der Waals surface area contributed by atoms with Crippen LogP contribution in [-0.2, 0) is 17.9 Å². The van der Waals surface area contributed by atoms with Crippen LogP contribution in [0.15, 0.2) is 18.5 Å². The summed E-state index contributed by atoms with van der Waals surface area (Å²) in [4.78, 5) is 8.78. The van der Waals surface area contributed by atoms with Crippen LogP contribution in [0, 0.1) is 0 Å². The lowest BCUT2D eigenvalue weighted by Gasteiger charge is -2.05. The predicted octanol–water partition coefficient (Wildman–Crippen LogP) is 1.55. The maximum atomic E-state index is 5.07. The maximum absolute atomic E-state index is 5.07. The van der Waals surface area contributed by atoms with Crippen LogP contribution in [0.3, 0.4) is 0 Å². The molecule has 0 saturated carbocycles. The topological polar surface area (TPSA) is 64.9 Å². The number of hydrogen-bond acceptors (Lipinski definition) is 5. The number of nitrogens with one attached hydrogen (secondary N) is 1. The normalized spacial score (nSPS) is 10.6. The predicted molar refractivity (Wildman–Crippen MR) is 69.2 cm³/mol. The van der Waals surface area contributed by atoms with Crippen LogP contribution in [-0.4, -0.2) is 33.9 Å². The largest absolute Gasteiger partial charge is 0.377 e. The molecule has 96 valence electrons. The lowest BCUT2D eigenvalue weighted by molar-refractivity contribution is 0.178. The molecule has 2 rings (SSSR count). The van der Waals surface area contributed by atoms with E-state index in [1.807, 2.05) is 37.1 Å². The molecule has 0 atom stereocenters. The van der Waals surface area contributed by atoms with Crippen LogP contribution in [0.2, 0.25) is 0 Å². The van der Waals surface area contributed by atoms with Gasteiger partial charge in [-0.1, -0.05) is 0 Å². The first kappa shape index (κ1) is 12.5. The summed E-state index contributed by atoms with van der Waals surface area (Å²) in [6.07, 6.45) is 3.78. The van der Waals surface area contributed by atoms with Crippen molar-refractivity contribution in [2.24, 2.45) is 0 Å². The second-order valence-corrected chi connectivity index (χ2v) is 3.82. The summed E-state index contributed by atoms with van der Waals surface area (Å²) in [5.74, 6) is 1.43. The summed E-state index contributed by atoms with van der Waals surface area (Å²) in [6.45, 7) is 3.28. The van der Waals surface area contributed by atoms with Gasteiger partial charge in [0.15, 0.2) is 5.82 Å². The molecule has 0 amide bonds. The van der Waals surface area contributed by atoms with Crippen molar-refractivity contribution in [3.63, 3.8) is 0 Å². The quantitative estimate of drug-likeness (QED) is 0.868. The van der Waals surface area contributed by atoms with Crippen LogP contribution >= 0.6 is 0 Å². The Morgan fingerprint density at radius 2 is 2.22 bits per heavy atom. The molecular weight excluding hydrogens is 230 g/mol. The second kappa shape index (κ2) is 5.59. The first-order chi connectivity index (χ1) is 8.76. The van der Waals surface area contributed by atoms with E-state index in [1.54, 1.807) is 7.11 Å². The highest BCUT2D eigenvalue weighted by atomic mass is 16.5. The molecule has 0 saturated heterocycles. The first-order valence-corrected chi connectivity index (χ1v) is 5.84. The van der Waals surface area contributed by atoms with E-state index in [1.165, 1.54) is 0 Å². The van der Waals surface area contributed by atoms with Gasteiger partial charge in [0.25, 0.3) is 0 Å². The number of aryl methyl sites for hydroxylation is 1. The smallest absolute Gasteiger partial charge is 0.157 e. The summed E-state index contributed by atoms with van der Waals surface area (Å²) >= 11 is 0. The van der Waals surface area contributed by atoms with Gasteiger partial charge in [0.05, 0.1) is 11.9 Å². The Morgan fingerprint density at radius 1 is 1.39 bits per heavy atom. The average Bonchev–Trinajstić information content (AvgIpc) is 2.87. The minimum atomic E-state index is 0.393. The Kier molecular flexibility index (Phi) is 3.88. The molecule has 2 aromatic heterocycles. The van der Waals surface area contributed by atoms with Crippen molar-refractivity contribution in [3.05, 3.63) is 24.3 Å². The third-order valence-corrected chi connectivity index (χ3v) is 2.56. The lowest BCUT2D eigenvalue weighted by atomic mass is 10.2. The van der Waals surface area contributed by atoms with Gasteiger partial charge in [-0.15, -0.1) is 0 Å². The number of hydrogen-bond donors (Lipinski definition) is 1. The zero-order valence-corrected chi connectivity index (χ0v) is 10.8. The van der Waals surface area contributed by atoms with Gasteiger partial charge in [-0.25, -0.2) is 9.97 Å². The number of aromatic nitrogens is 4. The molecule has 6 heteroatoms. The van der Waals surface area contributed by atoms with E-state index in [2.05, 4.69) is 20.4 Å². The molecule has 2 heterocycles. The highest BCUT2D eigenvalue weighted by Crippen LogP contribution is 2.19. The average molecular weight is 247 g/mol. The summed E-state index contributed by atoms with van der Waals surface area (Å²) < 4.78 is 6.94. The third kappa shape index (κ3) is 2.65. The standard InChI is InChI=1S/C12H17N5O/c1-4-17-7-9(6-14-17)10-5-11(13-2)16-12(15-10)8-18-3/h5-7H,4,8H2,1-3H3,(H,13,15,16). The Labute approximate surface area is 106 Å². The van der Waals surface area contributed by atoms with Gasteiger partial charge in [0, 0.05) is 38.5 Å². The minimum Gasteiger partial charge on any atom is -0.377 e. The number of rotatable bonds is 5. The van der Waals surface area contributed by atoms with E-state index < -0.39 is 0 Å². The monoisotopic (exact) mass is 247 g/mol. The molecule has 1 N–H and O–H groups in total. The van der Waals surface area contributed by atoms with Crippen LogP contribution in [0.25, 0.3) is 11.3 Å². The van der Waals surface area contributed by atoms with Crippen molar-refractivity contribution in [1.29, 1.82) is 0 Å². The van der Waals surface area contributed by atoms with Gasteiger partial charge in [-0.05, 0) is 6.92 Å². The van der Waals surface area contributed by atoms with E-state index in [9.17, 15) is 0 Å². The number of anilines is 1. The van der Waals surface area contributed by atoms with Crippen molar-refractivity contribution < 1.29 is 4.74 Å². The fraction of sp³-hybridized carbons (Fsp3) is 0.417. The van der Waals surface area contributed by atoms with E-state index >= 15 is 0 Å². The lowest BCUT2D eigenvalue weighted by Crippen LogP contribution is -2.02. The van der Waals surface area contributed by atoms with E-state index in [-0.39, 0.29) is 0 Å². The van der Waals surface area contributed by atoms with Crippen molar-refractivity contribution >= 4 is 5.82 Å². The molecule has 0 aromatic carbocycles. The Hall–Kier alpha value is -1.95. The van der Waals surface area contributed by atoms with Crippen LogP contribution in [0.4, 0.5) is 5.82 Å². The van der Waals surface area contributed by atoms with Crippen LogP contribution in [0.1, 0.15) is 12.7 Å². The number of ether oxygens (including phenoxy) is 1. The molecule has 0 bridgehead atoms. The second-order valence-electron chi connectivity index (χ2n) is 3.82. The van der Waals surface area contributed by atoms with Gasteiger partial charge in [0.1, 0.15) is 12.4 Å². The molecule has 18 heavy (non-hydrogen) atoms. The van der Waals surface area contributed by atoms with Gasteiger partial charge in [0.2, 0.25) is 0 Å². The molecule has 6 nitrogen and oxygen atoms in total. The minimum absolute atomic E-state index is 0.393. The third-order valence-electron chi connectivity index (χ3n) is 2.56. The molecule has 0 aliphatic heterocycles. The molecule has 0 radical (unpaired) electrons. The molecular formula is C12H17N5O.